The number of nitrogens with one attached hydrogen (secondary N) is 1. The first-order chi connectivity index (χ1) is 7.83. The lowest BCUT2D eigenvalue weighted by atomic mass is 10.2. The first kappa shape index (κ1) is 11.1. The van der Waals surface area contributed by atoms with E-state index in [1.165, 1.54) is 0 Å². The van der Waals surface area contributed by atoms with E-state index in [1.807, 2.05) is 35.2 Å². The summed E-state index contributed by atoms with van der Waals surface area (Å²) < 4.78 is 0. The molecule has 1 saturated heterocycles. The fraction of sp³-hybridized carbons (Fsp3) is 0.462. The van der Waals surface area contributed by atoms with Crippen LogP contribution in [0, 0.1) is 0 Å². The first-order valence-electron chi connectivity index (χ1n) is 5.92. The number of carbonyl (C=O) groups excluding carboxylic acids is 1. The number of hydrogen-bond donors (Lipinski definition) is 1. The Bertz CT molecular complexity index is 350. The van der Waals surface area contributed by atoms with Gasteiger partial charge in [-0.1, -0.05) is 25.1 Å². The van der Waals surface area contributed by atoms with E-state index in [9.17, 15) is 4.79 Å². The van der Waals surface area contributed by atoms with Crippen molar-refractivity contribution in [1.82, 2.24) is 5.32 Å². The zero-order valence-corrected chi connectivity index (χ0v) is 9.65. The molecule has 0 aromatic heterocycles. The summed E-state index contributed by atoms with van der Waals surface area (Å²) in [5.41, 5.74) is 1.01. The number of rotatable bonds is 4. The zero-order chi connectivity index (χ0) is 11.4. The Kier molecular flexibility index (Phi) is 3.57. The lowest BCUT2D eigenvalue weighted by molar-refractivity contribution is -0.118. The maximum atomic E-state index is 12.1. The Labute approximate surface area is 96.5 Å². The molecule has 0 radical (unpaired) electrons. The lowest BCUT2D eigenvalue weighted by Gasteiger charge is -2.16. The smallest absolute Gasteiger partial charge is 0.244 e. The van der Waals surface area contributed by atoms with Gasteiger partial charge >= 0.3 is 0 Å². The Balaban J connectivity index is 2.02. The highest BCUT2D eigenvalue weighted by atomic mass is 16.2. The van der Waals surface area contributed by atoms with E-state index < -0.39 is 0 Å². The van der Waals surface area contributed by atoms with Gasteiger partial charge in [-0.3, -0.25) is 4.79 Å². The van der Waals surface area contributed by atoms with Crippen LogP contribution in [0.4, 0.5) is 5.69 Å². The molecular weight excluding hydrogens is 200 g/mol. The van der Waals surface area contributed by atoms with E-state index in [2.05, 4.69) is 12.2 Å². The second-order valence-electron chi connectivity index (χ2n) is 4.12. The summed E-state index contributed by atoms with van der Waals surface area (Å²) in [5, 5.41) is 3.29. The minimum Gasteiger partial charge on any atom is -0.311 e. The van der Waals surface area contributed by atoms with Crippen molar-refractivity contribution in [1.29, 1.82) is 0 Å². The third-order valence-electron chi connectivity index (χ3n) is 2.91. The van der Waals surface area contributed by atoms with Gasteiger partial charge in [0.1, 0.15) is 0 Å². The topological polar surface area (TPSA) is 32.3 Å². The molecule has 1 N–H and O–H groups in total. The van der Waals surface area contributed by atoms with Crippen molar-refractivity contribution in [2.75, 3.05) is 18.0 Å². The minimum absolute atomic E-state index is 0.0140. The first-order valence-corrected chi connectivity index (χ1v) is 5.92. The summed E-state index contributed by atoms with van der Waals surface area (Å²) >= 11 is 0. The van der Waals surface area contributed by atoms with Gasteiger partial charge in [-0.25, -0.2) is 0 Å². The van der Waals surface area contributed by atoms with Crippen molar-refractivity contribution in [2.24, 2.45) is 0 Å². The van der Waals surface area contributed by atoms with E-state index in [4.69, 9.17) is 0 Å². The monoisotopic (exact) mass is 218 g/mol. The molecular formula is C13H18N2O. The molecule has 1 aromatic rings. The van der Waals surface area contributed by atoms with Crippen LogP contribution in [-0.2, 0) is 4.79 Å². The normalized spacial score (nSPS) is 20.4. The van der Waals surface area contributed by atoms with Gasteiger partial charge in [-0.05, 0) is 31.5 Å². The number of amides is 1. The predicted molar refractivity (Wildman–Crippen MR) is 65.5 cm³/mol. The van der Waals surface area contributed by atoms with Crippen molar-refractivity contribution in [3.8, 4) is 0 Å². The van der Waals surface area contributed by atoms with Crippen molar-refractivity contribution in [2.45, 2.75) is 25.8 Å². The summed E-state index contributed by atoms with van der Waals surface area (Å²) in [6, 6.07) is 9.89. The second-order valence-corrected chi connectivity index (χ2v) is 4.12. The molecule has 0 saturated carbocycles. The van der Waals surface area contributed by atoms with Crippen LogP contribution in [0.5, 0.6) is 0 Å². The van der Waals surface area contributed by atoms with E-state index >= 15 is 0 Å². The molecule has 1 atom stereocenters. The van der Waals surface area contributed by atoms with Gasteiger partial charge in [-0.15, -0.1) is 0 Å². The maximum Gasteiger partial charge on any atom is 0.244 e. The van der Waals surface area contributed by atoms with Crippen LogP contribution in [0.15, 0.2) is 30.3 Å². The highest BCUT2D eigenvalue weighted by Crippen LogP contribution is 2.20. The van der Waals surface area contributed by atoms with Crippen LogP contribution in [0.2, 0.25) is 0 Å². The van der Waals surface area contributed by atoms with Gasteiger partial charge in [0, 0.05) is 12.2 Å². The summed E-state index contributed by atoms with van der Waals surface area (Å²) in [5.74, 6) is 0.208. The highest BCUT2D eigenvalue weighted by Gasteiger charge is 2.31. The van der Waals surface area contributed by atoms with E-state index in [-0.39, 0.29) is 11.9 Å². The van der Waals surface area contributed by atoms with Crippen LogP contribution in [-0.4, -0.2) is 25.0 Å². The third-order valence-corrected chi connectivity index (χ3v) is 2.91. The van der Waals surface area contributed by atoms with Gasteiger partial charge in [0.2, 0.25) is 5.91 Å². The second kappa shape index (κ2) is 5.12. The average molecular weight is 218 g/mol. The molecule has 3 nitrogen and oxygen atoms in total. The van der Waals surface area contributed by atoms with Gasteiger partial charge in [0.05, 0.1) is 6.04 Å². The molecule has 1 aliphatic heterocycles. The fourth-order valence-electron chi connectivity index (χ4n) is 2.05. The quantitative estimate of drug-likeness (QED) is 0.835. The molecule has 1 fully saturated rings. The van der Waals surface area contributed by atoms with Crippen LogP contribution >= 0.6 is 0 Å². The van der Waals surface area contributed by atoms with Gasteiger partial charge < -0.3 is 10.2 Å². The molecule has 1 amide bonds. The molecule has 16 heavy (non-hydrogen) atoms. The zero-order valence-electron chi connectivity index (χ0n) is 9.65. The minimum atomic E-state index is 0.0140. The van der Waals surface area contributed by atoms with Crippen molar-refractivity contribution >= 4 is 11.6 Å². The Morgan fingerprint density at radius 2 is 2.12 bits per heavy atom. The van der Waals surface area contributed by atoms with Crippen LogP contribution < -0.4 is 10.2 Å². The Hall–Kier alpha value is -1.35. The average Bonchev–Trinajstić information content (AvgIpc) is 2.69. The molecule has 1 heterocycles. The van der Waals surface area contributed by atoms with Gasteiger partial charge in [0.15, 0.2) is 0 Å². The fourth-order valence-corrected chi connectivity index (χ4v) is 2.05. The highest BCUT2D eigenvalue weighted by molar-refractivity contribution is 5.99. The Morgan fingerprint density at radius 1 is 1.38 bits per heavy atom. The molecule has 2 rings (SSSR count). The molecule has 1 aromatic carbocycles. The molecule has 0 bridgehead atoms. The van der Waals surface area contributed by atoms with Gasteiger partial charge in [0.25, 0.3) is 0 Å². The largest absolute Gasteiger partial charge is 0.311 e. The predicted octanol–water partition coefficient (Wildman–Crippen LogP) is 1.79. The molecule has 0 aliphatic carbocycles. The van der Waals surface area contributed by atoms with Gasteiger partial charge in [-0.2, -0.15) is 0 Å². The van der Waals surface area contributed by atoms with Crippen molar-refractivity contribution in [3.63, 3.8) is 0 Å². The SMILES string of the molecule is CCCNC1CCN(c2ccccc2)C1=O. The molecule has 0 spiro atoms. The van der Waals surface area contributed by atoms with E-state index in [1.54, 1.807) is 0 Å². The van der Waals surface area contributed by atoms with E-state index in [0.717, 1.165) is 31.6 Å². The summed E-state index contributed by atoms with van der Waals surface area (Å²) in [6.45, 7) is 3.85. The standard InChI is InChI=1S/C13H18N2O/c1-2-9-14-12-8-10-15(13(12)16)11-6-4-3-5-7-11/h3-7,12,14H,2,8-10H2,1H3. The number of hydrogen-bond acceptors (Lipinski definition) is 2. The maximum absolute atomic E-state index is 12.1. The Morgan fingerprint density at radius 3 is 2.81 bits per heavy atom. The van der Waals surface area contributed by atoms with Crippen LogP contribution in [0.3, 0.4) is 0 Å². The molecule has 3 heteroatoms. The number of para-hydroxylation sites is 1. The molecule has 1 aliphatic rings. The molecule has 1 unspecified atom stereocenters. The number of benzene rings is 1. The molecule has 86 valence electrons. The number of nitrogens with zero attached hydrogens (tertiary/aromatic N) is 1. The number of carbonyl (C=O) groups is 1. The van der Waals surface area contributed by atoms with Crippen LogP contribution in [0.1, 0.15) is 19.8 Å². The van der Waals surface area contributed by atoms with Crippen LogP contribution in [0.25, 0.3) is 0 Å². The lowest BCUT2D eigenvalue weighted by Crippen LogP contribution is -2.38. The third kappa shape index (κ3) is 2.25. The summed E-state index contributed by atoms with van der Waals surface area (Å²) in [7, 11) is 0. The van der Waals surface area contributed by atoms with Crippen molar-refractivity contribution in [3.05, 3.63) is 30.3 Å². The summed E-state index contributed by atoms with van der Waals surface area (Å²) in [4.78, 5) is 13.9. The summed E-state index contributed by atoms with van der Waals surface area (Å²) in [6.07, 6.45) is 1.98. The van der Waals surface area contributed by atoms with E-state index in [0.29, 0.717) is 0 Å². The number of anilines is 1. The van der Waals surface area contributed by atoms with Crippen molar-refractivity contribution < 1.29 is 4.79 Å².